The first-order valence-corrected chi connectivity index (χ1v) is 7.44. The summed E-state index contributed by atoms with van der Waals surface area (Å²) in [7, 11) is 0. The molecule has 1 saturated carbocycles. The molecule has 0 aliphatic heterocycles. The van der Waals surface area contributed by atoms with Gasteiger partial charge >= 0.3 is 0 Å². The summed E-state index contributed by atoms with van der Waals surface area (Å²) in [6.45, 7) is 6.25. The Labute approximate surface area is 111 Å². The van der Waals surface area contributed by atoms with Gasteiger partial charge in [0.1, 0.15) is 0 Å². The molecule has 1 rings (SSSR count). The number of carbonyl (C=O) groups excluding carboxylic acids is 1. The smallest absolute Gasteiger partial charge is 0.220 e. The molecule has 18 heavy (non-hydrogen) atoms. The Morgan fingerprint density at radius 2 is 2.06 bits per heavy atom. The molecule has 0 heterocycles. The number of hydrogen-bond acceptors (Lipinski definition) is 2. The molecule has 0 aromatic heterocycles. The van der Waals surface area contributed by atoms with Crippen LogP contribution in [0.15, 0.2) is 0 Å². The molecule has 0 spiro atoms. The average molecular weight is 255 g/mol. The van der Waals surface area contributed by atoms with Crippen LogP contribution in [0, 0.1) is 11.8 Å². The molecule has 0 saturated heterocycles. The summed E-state index contributed by atoms with van der Waals surface area (Å²) in [6.07, 6.45) is 7.78. The SMILES string of the molecule is CCC(C)C(C)(O)CNC(=O)CCC1CCCC1. The Balaban J connectivity index is 2.19. The van der Waals surface area contributed by atoms with E-state index in [9.17, 15) is 9.90 Å². The fourth-order valence-electron chi connectivity index (χ4n) is 2.61. The van der Waals surface area contributed by atoms with E-state index in [-0.39, 0.29) is 11.8 Å². The molecule has 3 nitrogen and oxygen atoms in total. The van der Waals surface area contributed by atoms with Gasteiger partial charge in [-0.05, 0) is 25.2 Å². The van der Waals surface area contributed by atoms with Crippen molar-refractivity contribution in [2.75, 3.05) is 6.54 Å². The summed E-state index contributed by atoms with van der Waals surface area (Å²) in [5.74, 6) is 1.05. The molecular weight excluding hydrogens is 226 g/mol. The molecule has 1 aliphatic rings. The van der Waals surface area contributed by atoms with Gasteiger partial charge in [-0.25, -0.2) is 0 Å². The van der Waals surface area contributed by atoms with Crippen molar-refractivity contribution in [3.8, 4) is 0 Å². The summed E-state index contributed by atoms with van der Waals surface area (Å²) < 4.78 is 0. The second-order valence-corrected chi connectivity index (χ2v) is 6.13. The van der Waals surface area contributed by atoms with E-state index in [1.807, 2.05) is 6.92 Å². The summed E-state index contributed by atoms with van der Waals surface area (Å²) in [6, 6.07) is 0. The van der Waals surface area contributed by atoms with Gasteiger partial charge in [-0.15, -0.1) is 0 Å². The van der Waals surface area contributed by atoms with Gasteiger partial charge in [0.15, 0.2) is 0 Å². The average Bonchev–Trinajstić information content (AvgIpc) is 2.86. The zero-order chi connectivity index (χ0) is 13.6. The normalized spacial score (nSPS) is 21.6. The number of amides is 1. The van der Waals surface area contributed by atoms with Crippen molar-refractivity contribution in [2.45, 2.75) is 71.3 Å². The molecule has 2 atom stereocenters. The van der Waals surface area contributed by atoms with Crippen LogP contribution in [0.5, 0.6) is 0 Å². The highest BCUT2D eigenvalue weighted by molar-refractivity contribution is 5.75. The van der Waals surface area contributed by atoms with Crippen molar-refractivity contribution in [3.63, 3.8) is 0 Å². The van der Waals surface area contributed by atoms with Crippen LogP contribution in [0.2, 0.25) is 0 Å². The van der Waals surface area contributed by atoms with Crippen molar-refractivity contribution >= 4 is 5.91 Å². The van der Waals surface area contributed by atoms with Gasteiger partial charge in [-0.1, -0.05) is 46.0 Å². The minimum atomic E-state index is -0.794. The summed E-state index contributed by atoms with van der Waals surface area (Å²) in [5.41, 5.74) is -0.794. The number of aliphatic hydroxyl groups is 1. The van der Waals surface area contributed by atoms with Crippen LogP contribution in [-0.2, 0) is 4.79 Å². The third kappa shape index (κ3) is 4.97. The number of hydrogen-bond donors (Lipinski definition) is 2. The molecule has 0 aromatic carbocycles. The largest absolute Gasteiger partial charge is 0.388 e. The van der Waals surface area contributed by atoms with Crippen LogP contribution in [0.4, 0.5) is 0 Å². The summed E-state index contributed by atoms with van der Waals surface area (Å²) in [4.78, 5) is 11.7. The quantitative estimate of drug-likeness (QED) is 0.735. The van der Waals surface area contributed by atoms with E-state index in [0.29, 0.717) is 13.0 Å². The molecule has 0 radical (unpaired) electrons. The van der Waals surface area contributed by atoms with Crippen LogP contribution in [-0.4, -0.2) is 23.2 Å². The topological polar surface area (TPSA) is 49.3 Å². The minimum Gasteiger partial charge on any atom is -0.388 e. The molecule has 1 aliphatic carbocycles. The van der Waals surface area contributed by atoms with Gasteiger partial charge in [0.05, 0.1) is 5.60 Å². The van der Waals surface area contributed by atoms with Gasteiger partial charge in [-0.3, -0.25) is 4.79 Å². The van der Waals surface area contributed by atoms with E-state index in [2.05, 4.69) is 12.2 Å². The van der Waals surface area contributed by atoms with E-state index in [1.54, 1.807) is 6.92 Å². The Hall–Kier alpha value is -0.570. The number of carbonyl (C=O) groups is 1. The van der Waals surface area contributed by atoms with E-state index in [0.717, 1.165) is 18.8 Å². The molecule has 0 aromatic rings. The first-order valence-electron chi connectivity index (χ1n) is 7.44. The lowest BCUT2D eigenvalue weighted by Gasteiger charge is -2.29. The first-order chi connectivity index (χ1) is 8.45. The van der Waals surface area contributed by atoms with Crippen molar-refractivity contribution in [1.82, 2.24) is 5.32 Å². The van der Waals surface area contributed by atoms with Crippen LogP contribution >= 0.6 is 0 Å². The van der Waals surface area contributed by atoms with Gasteiger partial charge in [0.2, 0.25) is 5.91 Å². The Bertz CT molecular complexity index is 257. The first kappa shape index (κ1) is 15.5. The highest BCUT2D eigenvalue weighted by Gasteiger charge is 2.27. The van der Waals surface area contributed by atoms with E-state index < -0.39 is 5.60 Å². The van der Waals surface area contributed by atoms with Crippen LogP contribution in [0.25, 0.3) is 0 Å². The highest BCUT2D eigenvalue weighted by atomic mass is 16.3. The fraction of sp³-hybridized carbons (Fsp3) is 0.933. The molecule has 2 N–H and O–H groups in total. The lowest BCUT2D eigenvalue weighted by Crippen LogP contribution is -2.45. The summed E-state index contributed by atoms with van der Waals surface area (Å²) in [5, 5.41) is 13.1. The third-order valence-corrected chi connectivity index (χ3v) is 4.57. The number of nitrogens with one attached hydrogen (secondary N) is 1. The Morgan fingerprint density at radius 1 is 1.44 bits per heavy atom. The van der Waals surface area contributed by atoms with Gasteiger partial charge in [0, 0.05) is 13.0 Å². The Morgan fingerprint density at radius 3 is 2.61 bits per heavy atom. The maximum absolute atomic E-state index is 11.7. The van der Waals surface area contributed by atoms with Crippen LogP contribution in [0.1, 0.15) is 65.7 Å². The fourth-order valence-corrected chi connectivity index (χ4v) is 2.61. The summed E-state index contributed by atoms with van der Waals surface area (Å²) >= 11 is 0. The molecular formula is C15H29NO2. The molecule has 3 heteroatoms. The molecule has 106 valence electrons. The second-order valence-electron chi connectivity index (χ2n) is 6.13. The van der Waals surface area contributed by atoms with Crippen LogP contribution < -0.4 is 5.32 Å². The van der Waals surface area contributed by atoms with Crippen molar-refractivity contribution < 1.29 is 9.90 Å². The standard InChI is InChI=1S/C15H29NO2/c1-4-12(2)15(3,18)11-16-14(17)10-9-13-7-5-6-8-13/h12-13,18H,4-11H2,1-3H3,(H,16,17). The zero-order valence-electron chi connectivity index (χ0n) is 12.2. The lowest BCUT2D eigenvalue weighted by molar-refractivity contribution is -0.123. The third-order valence-electron chi connectivity index (χ3n) is 4.57. The maximum atomic E-state index is 11.7. The molecule has 1 amide bonds. The predicted molar refractivity (Wildman–Crippen MR) is 74.3 cm³/mol. The minimum absolute atomic E-state index is 0.0884. The van der Waals surface area contributed by atoms with E-state index >= 15 is 0 Å². The van der Waals surface area contributed by atoms with Gasteiger partial charge in [0.25, 0.3) is 0 Å². The predicted octanol–water partition coefficient (Wildman–Crippen LogP) is 2.87. The zero-order valence-corrected chi connectivity index (χ0v) is 12.2. The Kier molecular flexibility index (Phi) is 6.13. The molecule has 1 fully saturated rings. The molecule has 0 bridgehead atoms. The number of rotatable bonds is 7. The highest BCUT2D eigenvalue weighted by Crippen LogP contribution is 2.28. The molecule has 2 unspecified atom stereocenters. The van der Waals surface area contributed by atoms with Crippen molar-refractivity contribution in [3.05, 3.63) is 0 Å². The second kappa shape index (κ2) is 7.13. The van der Waals surface area contributed by atoms with E-state index in [4.69, 9.17) is 0 Å². The lowest BCUT2D eigenvalue weighted by atomic mass is 9.88. The van der Waals surface area contributed by atoms with Gasteiger partial charge < -0.3 is 10.4 Å². The monoisotopic (exact) mass is 255 g/mol. The van der Waals surface area contributed by atoms with Crippen molar-refractivity contribution in [2.24, 2.45) is 11.8 Å². The van der Waals surface area contributed by atoms with E-state index in [1.165, 1.54) is 25.7 Å². The maximum Gasteiger partial charge on any atom is 0.220 e. The van der Waals surface area contributed by atoms with Crippen LogP contribution in [0.3, 0.4) is 0 Å². The van der Waals surface area contributed by atoms with Crippen molar-refractivity contribution in [1.29, 1.82) is 0 Å². The van der Waals surface area contributed by atoms with Gasteiger partial charge in [-0.2, -0.15) is 0 Å².